The fraction of sp³-hybridized carbons (Fsp3) is 0.342. The van der Waals surface area contributed by atoms with Crippen LogP contribution in [0.1, 0.15) is 45.8 Å². The molecule has 2 N–H and O–H groups in total. The van der Waals surface area contributed by atoms with Gasteiger partial charge in [0.15, 0.2) is 5.75 Å². The van der Waals surface area contributed by atoms with Crippen LogP contribution in [-0.4, -0.2) is 65.1 Å². The zero-order chi connectivity index (χ0) is 36.5. The summed E-state index contributed by atoms with van der Waals surface area (Å²) in [7, 11) is 1.63. The number of pyridine rings is 1. The molecule has 52 heavy (non-hydrogen) atoms. The van der Waals surface area contributed by atoms with Gasteiger partial charge in [0.05, 0.1) is 53.9 Å². The minimum atomic E-state index is -4.76. The van der Waals surface area contributed by atoms with E-state index in [1.807, 2.05) is 0 Å². The van der Waals surface area contributed by atoms with Gasteiger partial charge in [0.1, 0.15) is 28.7 Å². The predicted molar refractivity (Wildman–Crippen MR) is 182 cm³/mol. The molecule has 0 saturated carbocycles. The van der Waals surface area contributed by atoms with Crippen molar-refractivity contribution in [3.63, 3.8) is 0 Å². The molecule has 2 aromatic carbocycles. The smallest absolute Gasteiger partial charge is 0.417 e. The van der Waals surface area contributed by atoms with Crippen molar-refractivity contribution in [3.05, 3.63) is 94.6 Å². The van der Waals surface area contributed by atoms with Gasteiger partial charge in [0, 0.05) is 55.6 Å². The van der Waals surface area contributed by atoms with E-state index in [9.17, 15) is 22.8 Å². The minimum absolute atomic E-state index is 0.00633. The van der Waals surface area contributed by atoms with Gasteiger partial charge in [0.2, 0.25) is 11.7 Å². The van der Waals surface area contributed by atoms with Crippen molar-refractivity contribution in [2.24, 2.45) is 12.5 Å². The van der Waals surface area contributed by atoms with Crippen LogP contribution in [0, 0.1) is 24.0 Å². The summed E-state index contributed by atoms with van der Waals surface area (Å²) in [6, 6.07) is 7.26. The lowest BCUT2D eigenvalue weighted by molar-refractivity contribution is -0.957. The molecule has 6 heterocycles. The molecule has 0 atom stereocenters. The van der Waals surface area contributed by atoms with E-state index in [0.29, 0.717) is 28.9 Å². The SMILES string of the molecule is Cc1nc2c3c(c(C(F)(F)F)cc2n1C)-c1cccn2c(C(=O)c4cc(F)c(NC(=O)/C=C/C[NH+]5CC6(CCOCC6)C5)c(F)c4)cc(c12)CCO3. The topological polar surface area (TPSA) is 91.3 Å². The second-order valence-corrected chi connectivity index (χ2v) is 14.0. The van der Waals surface area contributed by atoms with Crippen molar-refractivity contribution >= 4 is 33.9 Å². The summed E-state index contributed by atoms with van der Waals surface area (Å²) < 4.78 is 89.2. The van der Waals surface area contributed by atoms with Gasteiger partial charge in [-0.3, -0.25) is 9.59 Å². The number of rotatable bonds is 6. The molecule has 0 aliphatic carbocycles. The van der Waals surface area contributed by atoms with Gasteiger partial charge >= 0.3 is 6.18 Å². The van der Waals surface area contributed by atoms with Gasteiger partial charge in [-0.15, -0.1) is 0 Å². The summed E-state index contributed by atoms with van der Waals surface area (Å²) in [6.45, 7) is 5.80. The molecule has 0 unspecified atom stereocenters. The molecule has 3 aliphatic heterocycles. The van der Waals surface area contributed by atoms with Crippen LogP contribution >= 0.6 is 0 Å². The van der Waals surface area contributed by atoms with Gasteiger partial charge < -0.3 is 28.7 Å². The van der Waals surface area contributed by atoms with Crippen molar-refractivity contribution in [1.82, 2.24) is 14.0 Å². The maximum Gasteiger partial charge on any atom is 0.417 e. The summed E-state index contributed by atoms with van der Waals surface area (Å²) in [5.74, 6) is -3.27. The lowest BCUT2D eigenvalue weighted by Gasteiger charge is -2.48. The molecule has 3 aliphatic rings. The zero-order valence-corrected chi connectivity index (χ0v) is 28.4. The first-order valence-electron chi connectivity index (χ1n) is 17.1. The number of aryl methyl sites for hydroxylation is 2. The van der Waals surface area contributed by atoms with Gasteiger partial charge in [0.25, 0.3) is 0 Å². The Hall–Kier alpha value is -5.08. The first-order chi connectivity index (χ1) is 24.8. The summed E-state index contributed by atoms with van der Waals surface area (Å²) >= 11 is 0. The van der Waals surface area contributed by atoms with Crippen LogP contribution in [0.2, 0.25) is 0 Å². The van der Waals surface area contributed by atoms with E-state index in [4.69, 9.17) is 9.47 Å². The Balaban J connectivity index is 1.08. The quantitative estimate of drug-likeness (QED) is 0.138. The number of quaternary nitrogens is 1. The number of amides is 1. The number of imidazole rings is 1. The summed E-state index contributed by atoms with van der Waals surface area (Å²) in [5.41, 5.74) is -0.273. The first-order valence-corrected chi connectivity index (χ1v) is 17.1. The van der Waals surface area contributed by atoms with Crippen molar-refractivity contribution in [2.75, 3.05) is 44.8 Å². The van der Waals surface area contributed by atoms with E-state index >= 15 is 8.78 Å². The van der Waals surface area contributed by atoms with Gasteiger partial charge in [-0.1, -0.05) is 6.07 Å². The molecule has 0 bridgehead atoms. The molecular formula is C38H35F5N5O4+. The lowest BCUT2D eigenvalue weighted by Crippen LogP contribution is -3.22. The van der Waals surface area contributed by atoms with E-state index in [0.717, 1.165) is 57.3 Å². The number of halogens is 5. The summed E-state index contributed by atoms with van der Waals surface area (Å²) in [6.07, 6.45) is 1.96. The van der Waals surface area contributed by atoms with Gasteiger partial charge in [-0.05, 0) is 61.7 Å². The summed E-state index contributed by atoms with van der Waals surface area (Å²) in [5, 5.41) is 2.24. The Morgan fingerprint density at radius 1 is 1.08 bits per heavy atom. The molecule has 3 aromatic heterocycles. The number of likely N-dealkylation sites (tertiary alicyclic amines) is 1. The van der Waals surface area contributed by atoms with Crippen molar-refractivity contribution in [3.8, 4) is 16.9 Å². The zero-order valence-electron chi connectivity index (χ0n) is 28.4. The number of anilines is 1. The van der Waals surface area contributed by atoms with Crippen LogP contribution in [0.5, 0.6) is 5.75 Å². The normalized spacial score (nSPS) is 17.2. The number of hydrogen-bond donors (Lipinski definition) is 2. The third-order valence-corrected chi connectivity index (χ3v) is 10.7. The van der Waals surface area contributed by atoms with Crippen LogP contribution in [0.15, 0.2) is 54.7 Å². The molecule has 270 valence electrons. The number of carbonyl (C=O) groups excluding carboxylic acids is 2. The Bertz CT molecular complexity index is 2290. The van der Waals surface area contributed by atoms with E-state index in [2.05, 4.69) is 10.3 Å². The maximum atomic E-state index is 15.3. The molecule has 9 nitrogen and oxygen atoms in total. The second kappa shape index (κ2) is 12.6. The number of carbonyl (C=O) groups is 2. The average Bonchev–Trinajstić information content (AvgIpc) is 3.60. The van der Waals surface area contributed by atoms with E-state index in [1.54, 1.807) is 24.6 Å². The van der Waals surface area contributed by atoms with Crippen LogP contribution in [-0.2, 0) is 29.2 Å². The second-order valence-electron chi connectivity index (χ2n) is 14.0. The van der Waals surface area contributed by atoms with E-state index < -0.39 is 40.8 Å². The highest BCUT2D eigenvalue weighted by Crippen LogP contribution is 2.48. The Morgan fingerprint density at radius 2 is 1.81 bits per heavy atom. The van der Waals surface area contributed by atoms with Crippen LogP contribution in [0.3, 0.4) is 0 Å². The number of fused-ring (bicyclic) bond motifs is 4. The molecule has 2 fully saturated rings. The van der Waals surface area contributed by atoms with Crippen molar-refractivity contribution < 1.29 is 45.9 Å². The highest BCUT2D eigenvalue weighted by molar-refractivity contribution is 6.10. The number of benzene rings is 2. The standard InChI is InChI=1S/C38H34F5N5O4/c1-21-44-33-28(46(21)2)18-25(38(41,42)43)31-24-5-3-11-48-29(17-22(34(24)48)7-12-52-36(31)33)35(50)23-15-26(39)32(27(40)16-23)45-30(49)6-4-10-47-19-37(20-47)8-13-51-14-9-37/h3-6,11,15-18H,7-10,12-14,19-20H2,1-2H3,(H,45,49)/p+1/b6-4+. The van der Waals surface area contributed by atoms with Crippen molar-refractivity contribution in [1.29, 1.82) is 0 Å². The third-order valence-electron chi connectivity index (χ3n) is 10.7. The highest BCUT2D eigenvalue weighted by Gasteiger charge is 2.47. The molecule has 8 rings (SSSR count). The summed E-state index contributed by atoms with van der Waals surface area (Å²) in [4.78, 5) is 32.3. The fourth-order valence-electron chi connectivity index (χ4n) is 7.99. The monoisotopic (exact) mass is 720 g/mol. The molecule has 5 aromatic rings. The first kappa shape index (κ1) is 34.0. The fourth-order valence-corrected chi connectivity index (χ4v) is 7.99. The van der Waals surface area contributed by atoms with Crippen molar-refractivity contribution in [2.45, 2.75) is 32.4 Å². The average molecular weight is 721 g/mol. The largest absolute Gasteiger partial charge is 0.490 e. The number of hydrogen-bond acceptors (Lipinski definition) is 5. The van der Waals surface area contributed by atoms with E-state index in [-0.39, 0.29) is 52.2 Å². The highest BCUT2D eigenvalue weighted by atomic mass is 19.4. The third kappa shape index (κ3) is 5.73. The Morgan fingerprint density at radius 3 is 2.52 bits per heavy atom. The number of aromatic nitrogens is 3. The Kier molecular flexibility index (Phi) is 8.21. The Labute approximate surface area is 294 Å². The lowest BCUT2D eigenvalue weighted by atomic mass is 9.73. The molecular weight excluding hydrogens is 685 g/mol. The molecule has 1 spiro atoms. The number of alkyl halides is 3. The van der Waals surface area contributed by atoms with Crippen LogP contribution in [0.25, 0.3) is 27.7 Å². The van der Waals surface area contributed by atoms with Crippen LogP contribution in [0.4, 0.5) is 27.6 Å². The van der Waals surface area contributed by atoms with Gasteiger partial charge in [-0.2, -0.15) is 13.2 Å². The molecule has 2 saturated heterocycles. The molecule has 14 heteroatoms. The number of ketones is 1. The number of nitrogens with one attached hydrogen (secondary N) is 2. The molecule has 1 amide bonds. The number of ether oxygens (including phenoxy) is 2. The number of nitrogens with zero attached hydrogens (tertiary/aromatic N) is 3. The van der Waals surface area contributed by atoms with E-state index in [1.165, 1.54) is 39.8 Å². The van der Waals surface area contributed by atoms with Crippen LogP contribution < -0.4 is 15.0 Å². The maximum absolute atomic E-state index is 15.3. The predicted octanol–water partition coefficient (Wildman–Crippen LogP) is 5.45. The minimum Gasteiger partial charge on any atom is -0.490 e. The van der Waals surface area contributed by atoms with Gasteiger partial charge in [-0.25, -0.2) is 13.8 Å². The molecule has 0 radical (unpaired) electrons.